The Morgan fingerprint density at radius 1 is 0.919 bits per heavy atom. The number of methoxy groups -OCH3 is 1. The topological polar surface area (TPSA) is 58.6 Å². The molecule has 0 spiro atoms. The first kappa shape index (κ1) is 26.9. The first-order valence-corrected chi connectivity index (χ1v) is 13.8. The van der Waals surface area contributed by atoms with Crippen molar-refractivity contribution in [3.63, 3.8) is 0 Å². The van der Waals surface area contributed by atoms with Crippen LogP contribution in [-0.4, -0.2) is 35.9 Å². The summed E-state index contributed by atoms with van der Waals surface area (Å²) in [5.41, 5.74) is 2.89. The molecule has 4 rings (SSSR count). The maximum atomic E-state index is 13.9. The van der Waals surface area contributed by atoms with E-state index in [0.29, 0.717) is 13.0 Å². The van der Waals surface area contributed by atoms with E-state index in [-0.39, 0.29) is 24.3 Å². The minimum atomic E-state index is -0.617. The number of carbonyl (C=O) groups excluding carboxylic acids is 2. The van der Waals surface area contributed by atoms with Gasteiger partial charge in [0.25, 0.3) is 0 Å². The van der Waals surface area contributed by atoms with Crippen LogP contribution in [0.25, 0.3) is 0 Å². The van der Waals surface area contributed by atoms with Crippen molar-refractivity contribution in [1.29, 1.82) is 0 Å². The van der Waals surface area contributed by atoms with Gasteiger partial charge in [-0.15, -0.1) is 0 Å². The molecular weight excluding hydrogens is 528 g/mol. The molecule has 37 heavy (non-hydrogen) atoms. The molecular formula is C31H35BrN2O3. The predicted molar refractivity (Wildman–Crippen MR) is 150 cm³/mol. The molecule has 1 N–H and O–H groups in total. The van der Waals surface area contributed by atoms with E-state index in [1.165, 1.54) is 6.42 Å². The lowest BCUT2D eigenvalue weighted by atomic mass is 9.94. The summed E-state index contributed by atoms with van der Waals surface area (Å²) in [5, 5.41) is 3.29. The van der Waals surface area contributed by atoms with E-state index in [1.54, 1.807) is 12.0 Å². The van der Waals surface area contributed by atoms with E-state index < -0.39 is 6.04 Å². The zero-order valence-corrected chi connectivity index (χ0v) is 23.0. The number of amides is 2. The summed E-state index contributed by atoms with van der Waals surface area (Å²) in [6, 6.07) is 25.0. The van der Waals surface area contributed by atoms with Crippen LogP contribution < -0.4 is 10.1 Å². The van der Waals surface area contributed by atoms with Gasteiger partial charge in [-0.3, -0.25) is 9.59 Å². The van der Waals surface area contributed by atoms with E-state index in [2.05, 4.69) is 21.2 Å². The fourth-order valence-electron chi connectivity index (χ4n) is 4.95. The second kappa shape index (κ2) is 13.4. The van der Waals surface area contributed by atoms with Crippen molar-refractivity contribution in [3.8, 4) is 5.75 Å². The quantitative estimate of drug-likeness (QED) is 0.325. The number of nitrogens with one attached hydrogen (secondary N) is 1. The molecule has 2 amide bonds. The van der Waals surface area contributed by atoms with Gasteiger partial charge in [0.05, 0.1) is 13.5 Å². The van der Waals surface area contributed by atoms with Crippen LogP contribution >= 0.6 is 15.9 Å². The third-order valence-corrected chi connectivity index (χ3v) is 7.47. The Bertz CT molecular complexity index is 1160. The van der Waals surface area contributed by atoms with Gasteiger partial charge in [0.1, 0.15) is 11.8 Å². The lowest BCUT2D eigenvalue weighted by Gasteiger charge is -2.33. The minimum Gasteiger partial charge on any atom is -0.497 e. The number of halogens is 1. The third-order valence-electron chi connectivity index (χ3n) is 6.98. The van der Waals surface area contributed by atoms with Crippen LogP contribution in [0.1, 0.15) is 48.8 Å². The summed E-state index contributed by atoms with van der Waals surface area (Å²) < 4.78 is 6.21. The Balaban J connectivity index is 1.64. The van der Waals surface area contributed by atoms with Crippen LogP contribution in [0, 0.1) is 0 Å². The summed E-state index contributed by atoms with van der Waals surface area (Å²) >= 11 is 3.55. The average Bonchev–Trinajstić information content (AvgIpc) is 2.92. The van der Waals surface area contributed by atoms with Crippen molar-refractivity contribution >= 4 is 27.7 Å². The Labute approximate surface area is 228 Å². The molecule has 0 unspecified atom stereocenters. The highest BCUT2D eigenvalue weighted by atomic mass is 79.9. The molecule has 0 aliphatic heterocycles. The average molecular weight is 564 g/mol. The highest BCUT2D eigenvalue weighted by Gasteiger charge is 2.32. The molecule has 6 heteroatoms. The van der Waals surface area contributed by atoms with Gasteiger partial charge in [0.2, 0.25) is 11.8 Å². The Kier molecular flexibility index (Phi) is 9.78. The lowest BCUT2D eigenvalue weighted by Crippen LogP contribution is -2.53. The van der Waals surface area contributed by atoms with E-state index >= 15 is 0 Å². The highest BCUT2D eigenvalue weighted by Crippen LogP contribution is 2.22. The molecule has 0 heterocycles. The van der Waals surface area contributed by atoms with Crippen LogP contribution in [0.2, 0.25) is 0 Å². The molecule has 5 nitrogen and oxygen atoms in total. The minimum absolute atomic E-state index is 0.0752. The molecule has 3 aromatic carbocycles. The van der Waals surface area contributed by atoms with Gasteiger partial charge in [-0.1, -0.05) is 89.8 Å². The maximum Gasteiger partial charge on any atom is 0.243 e. The van der Waals surface area contributed by atoms with Crippen LogP contribution in [0.4, 0.5) is 0 Å². The van der Waals surface area contributed by atoms with Gasteiger partial charge in [0, 0.05) is 23.5 Å². The molecule has 0 radical (unpaired) electrons. The molecule has 0 aromatic heterocycles. The van der Waals surface area contributed by atoms with Gasteiger partial charge in [-0.05, 0) is 53.8 Å². The number of hydrogen-bond donors (Lipinski definition) is 1. The third kappa shape index (κ3) is 7.93. The second-order valence-corrected chi connectivity index (χ2v) is 10.6. The van der Waals surface area contributed by atoms with Crippen LogP contribution in [0.5, 0.6) is 5.75 Å². The highest BCUT2D eigenvalue weighted by molar-refractivity contribution is 9.10. The first-order chi connectivity index (χ1) is 18.0. The summed E-state index contributed by atoms with van der Waals surface area (Å²) in [4.78, 5) is 29.5. The number of ether oxygens (including phenoxy) is 1. The molecule has 0 saturated heterocycles. The van der Waals surface area contributed by atoms with Crippen molar-refractivity contribution in [3.05, 3.63) is 100 Å². The summed E-state index contributed by atoms with van der Waals surface area (Å²) in [5.74, 6) is 0.592. The summed E-state index contributed by atoms with van der Waals surface area (Å²) in [6.45, 7) is 0.351. The zero-order valence-electron chi connectivity index (χ0n) is 21.4. The number of nitrogens with zero attached hydrogens (tertiary/aromatic N) is 1. The van der Waals surface area contributed by atoms with E-state index in [1.807, 2.05) is 78.9 Å². The van der Waals surface area contributed by atoms with Gasteiger partial charge < -0.3 is 15.0 Å². The van der Waals surface area contributed by atoms with Gasteiger partial charge in [-0.25, -0.2) is 0 Å². The number of hydrogen-bond acceptors (Lipinski definition) is 3. The lowest BCUT2D eigenvalue weighted by molar-refractivity contribution is -0.141. The Hall–Kier alpha value is -3.12. The Morgan fingerprint density at radius 3 is 2.30 bits per heavy atom. The van der Waals surface area contributed by atoms with Crippen molar-refractivity contribution < 1.29 is 14.3 Å². The fourth-order valence-corrected chi connectivity index (χ4v) is 5.40. The van der Waals surface area contributed by atoms with Crippen LogP contribution in [0.15, 0.2) is 83.3 Å². The van der Waals surface area contributed by atoms with E-state index in [0.717, 1.165) is 52.6 Å². The Morgan fingerprint density at radius 2 is 1.62 bits per heavy atom. The number of benzene rings is 3. The molecule has 1 aliphatic rings. The molecule has 0 bridgehead atoms. The molecule has 3 aromatic rings. The van der Waals surface area contributed by atoms with Gasteiger partial charge in [0.15, 0.2) is 0 Å². The maximum absolute atomic E-state index is 13.9. The number of carbonyl (C=O) groups is 2. The van der Waals surface area contributed by atoms with Gasteiger partial charge in [-0.2, -0.15) is 0 Å². The van der Waals surface area contributed by atoms with Gasteiger partial charge >= 0.3 is 0 Å². The van der Waals surface area contributed by atoms with Crippen LogP contribution in [0.3, 0.4) is 0 Å². The van der Waals surface area contributed by atoms with Crippen molar-refractivity contribution in [2.45, 2.75) is 63.6 Å². The zero-order chi connectivity index (χ0) is 26.0. The normalized spacial score (nSPS) is 14.5. The van der Waals surface area contributed by atoms with Crippen molar-refractivity contribution in [2.24, 2.45) is 0 Å². The molecule has 1 fully saturated rings. The molecule has 194 valence electrons. The second-order valence-electron chi connectivity index (χ2n) is 9.73. The SMILES string of the molecule is COc1ccc(CC(=O)N(Cc2cccc(Br)c2)[C@H](Cc2ccccc2)C(=O)NC2CCCCC2)cc1. The number of rotatable bonds is 10. The molecule has 1 atom stereocenters. The summed E-state index contributed by atoms with van der Waals surface area (Å²) in [7, 11) is 1.62. The van der Waals surface area contributed by atoms with E-state index in [4.69, 9.17) is 4.74 Å². The molecule has 1 aliphatic carbocycles. The summed E-state index contributed by atoms with van der Waals surface area (Å²) in [6.07, 6.45) is 6.14. The van der Waals surface area contributed by atoms with E-state index in [9.17, 15) is 9.59 Å². The molecule has 1 saturated carbocycles. The first-order valence-electron chi connectivity index (χ1n) is 13.0. The largest absolute Gasteiger partial charge is 0.497 e. The smallest absolute Gasteiger partial charge is 0.243 e. The standard InChI is InChI=1S/C31H35BrN2O3/c1-37-28-17-15-24(16-18-28)21-30(35)34(22-25-11-8-12-26(32)19-25)29(20-23-9-4-2-5-10-23)31(36)33-27-13-6-3-7-14-27/h2,4-5,8-12,15-19,27,29H,3,6-7,13-14,20-22H2,1H3,(H,33,36)/t29-/m1/s1. The van der Waals surface area contributed by atoms with Crippen LogP contribution in [-0.2, 0) is 29.0 Å². The van der Waals surface area contributed by atoms with Crippen molar-refractivity contribution in [2.75, 3.05) is 7.11 Å². The predicted octanol–water partition coefficient (Wildman–Crippen LogP) is 6.09. The fraction of sp³-hybridized carbons (Fsp3) is 0.355. The monoisotopic (exact) mass is 562 g/mol. The van der Waals surface area contributed by atoms with Crippen molar-refractivity contribution in [1.82, 2.24) is 10.2 Å².